The van der Waals surface area contributed by atoms with Gasteiger partial charge in [0, 0.05) is 23.3 Å². The molecular formula is C17H26ClN3O3S. The summed E-state index contributed by atoms with van der Waals surface area (Å²) in [6, 6.07) is 6.97. The van der Waals surface area contributed by atoms with Gasteiger partial charge in [-0.25, -0.2) is 8.42 Å². The van der Waals surface area contributed by atoms with E-state index in [0.717, 1.165) is 31.9 Å². The number of anilines is 1. The van der Waals surface area contributed by atoms with Crippen LogP contribution in [-0.2, 0) is 10.0 Å². The Morgan fingerprint density at radius 3 is 2.20 bits per heavy atom. The maximum atomic E-state index is 12.5. The van der Waals surface area contributed by atoms with Crippen molar-refractivity contribution in [2.75, 3.05) is 11.0 Å². The second-order valence-electron chi connectivity index (χ2n) is 7.13. The summed E-state index contributed by atoms with van der Waals surface area (Å²) >= 11 is 0. The van der Waals surface area contributed by atoms with Gasteiger partial charge in [-0.1, -0.05) is 6.42 Å². The fraction of sp³-hybridized carbons (Fsp3) is 0.588. The zero-order valence-electron chi connectivity index (χ0n) is 14.3. The lowest BCUT2D eigenvalue weighted by molar-refractivity contribution is 0.0756. The summed E-state index contributed by atoms with van der Waals surface area (Å²) in [4.78, 5) is 12.5. The first-order valence-corrected chi connectivity index (χ1v) is 10.4. The Kier molecular flexibility index (Phi) is 6.35. The molecule has 2 saturated carbocycles. The zero-order valence-corrected chi connectivity index (χ0v) is 15.9. The molecule has 4 N–H and O–H groups in total. The first-order chi connectivity index (χ1) is 11.3. The summed E-state index contributed by atoms with van der Waals surface area (Å²) in [5.41, 5.74) is 7.12. The molecule has 1 aromatic rings. The maximum absolute atomic E-state index is 12.5. The van der Waals surface area contributed by atoms with Crippen LogP contribution in [-0.4, -0.2) is 32.7 Å². The van der Waals surface area contributed by atoms with E-state index in [1.807, 2.05) is 0 Å². The van der Waals surface area contributed by atoms with Crippen molar-refractivity contribution in [2.24, 2.45) is 17.6 Å². The number of nitrogens with one attached hydrogen (secondary N) is 2. The van der Waals surface area contributed by atoms with Crippen molar-refractivity contribution in [3.05, 3.63) is 29.8 Å². The van der Waals surface area contributed by atoms with E-state index in [2.05, 4.69) is 10.0 Å². The van der Waals surface area contributed by atoms with E-state index in [1.54, 1.807) is 24.3 Å². The molecule has 140 valence electrons. The highest BCUT2D eigenvalue weighted by Gasteiger charge is 2.39. The molecule has 2 bridgehead atoms. The number of rotatable bonds is 4. The van der Waals surface area contributed by atoms with Crippen LogP contribution >= 0.6 is 12.4 Å². The van der Waals surface area contributed by atoms with Crippen molar-refractivity contribution in [3.63, 3.8) is 0 Å². The van der Waals surface area contributed by atoms with E-state index in [1.165, 1.54) is 6.42 Å². The number of halogens is 1. The number of fused-ring (bicyclic) bond motifs is 2. The minimum Gasteiger partial charge on any atom is -0.349 e. The van der Waals surface area contributed by atoms with E-state index in [9.17, 15) is 13.2 Å². The van der Waals surface area contributed by atoms with Crippen molar-refractivity contribution in [2.45, 2.75) is 44.2 Å². The lowest BCUT2D eigenvalue weighted by Crippen LogP contribution is -2.53. The van der Waals surface area contributed by atoms with Gasteiger partial charge in [-0.2, -0.15) is 0 Å². The minimum absolute atomic E-state index is 0. The van der Waals surface area contributed by atoms with Gasteiger partial charge < -0.3 is 11.1 Å². The topological polar surface area (TPSA) is 101 Å². The van der Waals surface area contributed by atoms with Gasteiger partial charge in [-0.3, -0.25) is 9.52 Å². The molecule has 2 unspecified atom stereocenters. The maximum Gasteiger partial charge on any atom is 0.251 e. The summed E-state index contributed by atoms with van der Waals surface area (Å²) in [6.07, 6.45) is 6.55. The first-order valence-electron chi connectivity index (χ1n) is 8.46. The Labute approximate surface area is 155 Å². The van der Waals surface area contributed by atoms with Crippen molar-refractivity contribution in [1.29, 1.82) is 0 Å². The van der Waals surface area contributed by atoms with Crippen molar-refractivity contribution >= 4 is 34.0 Å². The second kappa shape index (κ2) is 7.93. The van der Waals surface area contributed by atoms with Gasteiger partial charge in [0.25, 0.3) is 5.91 Å². The highest BCUT2D eigenvalue weighted by Crippen LogP contribution is 2.39. The van der Waals surface area contributed by atoms with E-state index in [-0.39, 0.29) is 30.4 Å². The Hall–Kier alpha value is -1.31. The molecule has 1 aromatic carbocycles. The fourth-order valence-electron chi connectivity index (χ4n) is 4.16. The Balaban J connectivity index is 0.00000225. The zero-order chi connectivity index (χ0) is 17.3. The number of hydrogen-bond donors (Lipinski definition) is 3. The molecule has 3 rings (SSSR count). The van der Waals surface area contributed by atoms with Gasteiger partial charge in [-0.05, 0) is 61.8 Å². The van der Waals surface area contributed by atoms with Crippen molar-refractivity contribution < 1.29 is 13.2 Å². The monoisotopic (exact) mass is 387 g/mol. The molecule has 1 amide bonds. The van der Waals surface area contributed by atoms with E-state index in [4.69, 9.17) is 5.73 Å². The standard InChI is InChI=1S/C17H25N3O3S.ClH/c1-24(22,23)20-15-7-5-11(6-8-15)17(21)19-16-12-3-2-4-13(16)10-14(18)9-12;/h5-8,12-14,16,20H,2-4,9-10,18H2,1H3,(H,19,21);1H. The number of carbonyl (C=O) groups is 1. The van der Waals surface area contributed by atoms with Crippen LogP contribution in [0.3, 0.4) is 0 Å². The third kappa shape index (κ3) is 5.09. The molecular weight excluding hydrogens is 362 g/mol. The molecule has 6 nitrogen and oxygen atoms in total. The van der Waals surface area contributed by atoms with Gasteiger partial charge in [0.2, 0.25) is 10.0 Å². The molecule has 2 aliphatic rings. The van der Waals surface area contributed by atoms with E-state index < -0.39 is 10.0 Å². The SMILES string of the molecule is CS(=O)(=O)Nc1ccc(C(=O)NC2C3CCCC2CC(N)C3)cc1.Cl. The third-order valence-corrected chi connectivity index (χ3v) is 5.73. The summed E-state index contributed by atoms with van der Waals surface area (Å²) in [6.45, 7) is 0. The van der Waals surface area contributed by atoms with Crippen LogP contribution in [0.5, 0.6) is 0 Å². The molecule has 0 aliphatic heterocycles. The molecule has 0 spiro atoms. The largest absolute Gasteiger partial charge is 0.349 e. The molecule has 2 aliphatic carbocycles. The molecule has 2 atom stereocenters. The van der Waals surface area contributed by atoms with Crippen LogP contribution in [0, 0.1) is 11.8 Å². The van der Waals surface area contributed by atoms with Gasteiger partial charge in [-0.15, -0.1) is 12.4 Å². The van der Waals surface area contributed by atoms with Crippen LogP contribution < -0.4 is 15.8 Å². The molecule has 0 heterocycles. The molecule has 0 saturated heterocycles. The van der Waals surface area contributed by atoms with Crippen molar-refractivity contribution in [1.82, 2.24) is 5.32 Å². The van der Waals surface area contributed by atoms with E-state index >= 15 is 0 Å². The third-order valence-electron chi connectivity index (χ3n) is 5.12. The number of nitrogens with two attached hydrogens (primary N) is 1. The number of benzene rings is 1. The van der Waals surface area contributed by atoms with Gasteiger partial charge in [0.15, 0.2) is 0 Å². The van der Waals surface area contributed by atoms with Gasteiger partial charge in [0.05, 0.1) is 6.26 Å². The summed E-state index contributed by atoms with van der Waals surface area (Å²) in [5.74, 6) is 0.850. The summed E-state index contributed by atoms with van der Waals surface area (Å²) < 4.78 is 24.8. The minimum atomic E-state index is -3.31. The number of amides is 1. The average molecular weight is 388 g/mol. The van der Waals surface area contributed by atoms with Crippen LogP contribution in [0.25, 0.3) is 0 Å². The Bertz CT molecular complexity index is 694. The van der Waals surface area contributed by atoms with Crippen molar-refractivity contribution in [3.8, 4) is 0 Å². The van der Waals surface area contributed by atoms with E-state index in [0.29, 0.717) is 23.1 Å². The number of hydrogen-bond acceptors (Lipinski definition) is 4. The number of carbonyl (C=O) groups excluding carboxylic acids is 1. The summed E-state index contributed by atoms with van der Waals surface area (Å²) in [5, 5.41) is 3.19. The van der Waals surface area contributed by atoms with Crippen LogP contribution in [0.4, 0.5) is 5.69 Å². The smallest absolute Gasteiger partial charge is 0.251 e. The molecule has 25 heavy (non-hydrogen) atoms. The Morgan fingerprint density at radius 2 is 1.68 bits per heavy atom. The highest BCUT2D eigenvalue weighted by atomic mass is 35.5. The first kappa shape index (κ1) is 20.0. The van der Waals surface area contributed by atoms with Crippen LogP contribution in [0.15, 0.2) is 24.3 Å². The van der Waals surface area contributed by atoms with Gasteiger partial charge in [0.1, 0.15) is 0 Å². The quantitative estimate of drug-likeness (QED) is 0.736. The fourth-order valence-corrected chi connectivity index (χ4v) is 4.73. The normalized spacial score (nSPS) is 28.6. The second-order valence-corrected chi connectivity index (χ2v) is 8.88. The predicted molar refractivity (Wildman–Crippen MR) is 101 cm³/mol. The van der Waals surface area contributed by atoms with Gasteiger partial charge >= 0.3 is 0 Å². The molecule has 2 fully saturated rings. The highest BCUT2D eigenvalue weighted by molar-refractivity contribution is 7.92. The average Bonchev–Trinajstić information content (AvgIpc) is 2.47. The molecule has 8 heteroatoms. The number of sulfonamides is 1. The molecule has 0 radical (unpaired) electrons. The van der Waals surface area contributed by atoms with Crippen LogP contribution in [0.2, 0.25) is 0 Å². The predicted octanol–water partition coefficient (Wildman–Crippen LogP) is 2.12. The lowest BCUT2D eigenvalue weighted by atomic mass is 9.67. The van der Waals surface area contributed by atoms with Crippen LogP contribution in [0.1, 0.15) is 42.5 Å². The molecule has 0 aromatic heterocycles. The lowest BCUT2D eigenvalue weighted by Gasteiger charge is -2.45. The summed E-state index contributed by atoms with van der Waals surface area (Å²) in [7, 11) is -3.31. The Morgan fingerprint density at radius 1 is 1.12 bits per heavy atom.